The summed E-state index contributed by atoms with van der Waals surface area (Å²) in [6.45, 7) is 1.88. The minimum Gasteiger partial charge on any atom is -0.308 e. The zero-order valence-corrected chi connectivity index (χ0v) is 8.97. The third-order valence-electron chi connectivity index (χ3n) is 3.00. The molecule has 4 nitrogen and oxygen atoms in total. The van der Waals surface area contributed by atoms with Crippen molar-refractivity contribution in [1.82, 2.24) is 9.66 Å². The first-order chi connectivity index (χ1) is 7.86. The van der Waals surface area contributed by atoms with Gasteiger partial charge in [-0.3, -0.25) is 4.79 Å². The summed E-state index contributed by atoms with van der Waals surface area (Å²) in [6, 6.07) is 7.31. The lowest BCUT2D eigenvalue weighted by Crippen LogP contribution is -2.40. The maximum atomic E-state index is 11.9. The average molecular weight is 215 g/mol. The molecule has 3 rings (SSSR count). The van der Waals surface area contributed by atoms with Crippen LogP contribution in [0.4, 0.5) is 0 Å². The number of aromatic nitrogens is 2. The molecule has 1 fully saturated rings. The monoisotopic (exact) mass is 215 g/mol. The third kappa shape index (κ3) is 1.38. The van der Waals surface area contributed by atoms with Gasteiger partial charge in [0.15, 0.2) is 5.65 Å². The van der Waals surface area contributed by atoms with Crippen molar-refractivity contribution in [3.05, 3.63) is 40.8 Å². The van der Waals surface area contributed by atoms with Crippen molar-refractivity contribution >= 4 is 11.0 Å². The van der Waals surface area contributed by atoms with E-state index in [1.165, 1.54) is 0 Å². The smallest absolute Gasteiger partial charge is 0.270 e. The SMILES string of the molecule is O=c1ccc2cccnc2n1N1CCCC1. The number of hydrogen-bond acceptors (Lipinski definition) is 3. The summed E-state index contributed by atoms with van der Waals surface area (Å²) >= 11 is 0. The van der Waals surface area contributed by atoms with E-state index in [-0.39, 0.29) is 5.56 Å². The van der Waals surface area contributed by atoms with E-state index in [0.717, 1.165) is 37.0 Å². The Bertz CT molecular complexity index is 570. The average Bonchev–Trinajstić information content (AvgIpc) is 2.82. The van der Waals surface area contributed by atoms with Crippen molar-refractivity contribution in [2.75, 3.05) is 18.1 Å². The first-order valence-electron chi connectivity index (χ1n) is 5.58. The van der Waals surface area contributed by atoms with Crippen molar-refractivity contribution in [1.29, 1.82) is 0 Å². The maximum Gasteiger partial charge on any atom is 0.270 e. The van der Waals surface area contributed by atoms with Gasteiger partial charge in [-0.15, -0.1) is 0 Å². The van der Waals surface area contributed by atoms with Crippen molar-refractivity contribution in [2.24, 2.45) is 0 Å². The molecule has 0 saturated carbocycles. The van der Waals surface area contributed by atoms with Gasteiger partial charge in [0.25, 0.3) is 5.56 Å². The lowest BCUT2D eigenvalue weighted by Gasteiger charge is -2.21. The predicted octanol–water partition coefficient (Wildman–Crippen LogP) is 1.13. The number of rotatable bonds is 1. The van der Waals surface area contributed by atoms with Crippen molar-refractivity contribution in [3.8, 4) is 0 Å². The van der Waals surface area contributed by atoms with Crippen LogP contribution in [0.25, 0.3) is 11.0 Å². The summed E-state index contributed by atoms with van der Waals surface area (Å²) in [5, 5.41) is 3.09. The second-order valence-electron chi connectivity index (χ2n) is 4.06. The number of nitrogens with zero attached hydrogens (tertiary/aromatic N) is 3. The molecule has 1 aliphatic heterocycles. The van der Waals surface area contributed by atoms with E-state index < -0.39 is 0 Å². The highest BCUT2D eigenvalue weighted by molar-refractivity contribution is 5.74. The highest BCUT2D eigenvalue weighted by Gasteiger charge is 2.15. The standard InChI is InChI=1S/C12H13N3O/c16-11-6-5-10-4-3-7-13-12(10)15(11)14-8-1-2-9-14/h3-7H,1-2,8-9H2. The molecule has 0 N–H and O–H groups in total. The van der Waals surface area contributed by atoms with Gasteiger partial charge in [0.1, 0.15) is 0 Å². The number of hydrogen-bond donors (Lipinski definition) is 0. The van der Waals surface area contributed by atoms with Gasteiger partial charge in [0.2, 0.25) is 0 Å². The Morgan fingerprint density at radius 2 is 1.94 bits per heavy atom. The normalized spacial score (nSPS) is 15.9. The molecule has 16 heavy (non-hydrogen) atoms. The van der Waals surface area contributed by atoms with Gasteiger partial charge in [0.05, 0.1) is 0 Å². The molecule has 0 radical (unpaired) electrons. The predicted molar refractivity (Wildman–Crippen MR) is 63.2 cm³/mol. The molecular formula is C12H13N3O. The third-order valence-corrected chi connectivity index (χ3v) is 3.00. The van der Waals surface area contributed by atoms with Crippen LogP contribution in [0.2, 0.25) is 0 Å². The van der Waals surface area contributed by atoms with Crippen LogP contribution in [0, 0.1) is 0 Å². The molecule has 2 aromatic heterocycles. The second-order valence-corrected chi connectivity index (χ2v) is 4.06. The van der Waals surface area contributed by atoms with Crippen LogP contribution in [0.1, 0.15) is 12.8 Å². The van der Waals surface area contributed by atoms with E-state index in [1.807, 2.05) is 18.2 Å². The number of pyridine rings is 2. The summed E-state index contributed by atoms with van der Waals surface area (Å²) in [6.07, 6.45) is 4.03. The summed E-state index contributed by atoms with van der Waals surface area (Å²) in [7, 11) is 0. The van der Waals surface area contributed by atoms with Crippen LogP contribution in [-0.4, -0.2) is 22.7 Å². The first-order valence-corrected chi connectivity index (χ1v) is 5.58. The summed E-state index contributed by atoms with van der Waals surface area (Å²) in [5.74, 6) is 0. The van der Waals surface area contributed by atoms with Gasteiger partial charge >= 0.3 is 0 Å². The van der Waals surface area contributed by atoms with Crippen LogP contribution in [0.3, 0.4) is 0 Å². The van der Waals surface area contributed by atoms with E-state index in [0.29, 0.717) is 0 Å². The number of fused-ring (bicyclic) bond motifs is 1. The molecule has 0 bridgehead atoms. The fourth-order valence-corrected chi connectivity index (χ4v) is 2.23. The van der Waals surface area contributed by atoms with Crippen molar-refractivity contribution < 1.29 is 0 Å². The maximum absolute atomic E-state index is 11.9. The minimum atomic E-state index is 0.00750. The fourth-order valence-electron chi connectivity index (χ4n) is 2.23. The fraction of sp³-hybridized carbons (Fsp3) is 0.333. The Kier molecular flexibility index (Phi) is 2.13. The Hall–Kier alpha value is -1.84. The Balaban J connectivity index is 2.27. The highest BCUT2D eigenvalue weighted by Crippen LogP contribution is 2.11. The molecule has 2 aromatic rings. The van der Waals surface area contributed by atoms with Crippen LogP contribution < -0.4 is 10.6 Å². The van der Waals surface area contributed by atoms with Gasteiger partial charge in [-0.2, -0.15) is 0 Å². The van der Waals surface area contributed by atoms with Gasteiger partial charge in [-0.05, 0) is 31.0 Å². The summed E-state index contributed by atoms with van der Waals surface area (Å²) in [4.78, 5) is 16.2. The van der Waals surface area contributed by atoms with E-state index >= 15 is 0 Å². The molecule has 0 aromatic carbocycles. The van der Waals surface area contributed by atoms with E-state index in [1.54, 1.807) is 16.9 Å². The molecule has 0 spiro atoms. The lowest BCUT2D eigenvalue weighted by molar-refractivity contribution is 0.657. The summed E-state index contributed by atoms with van der Waals surface area (Å²) < 4.78 is 1.71. The molecule has 1 saturated heterocycles. The largest absolute Gasteiger partial charge is 0.308 e. The van der Waals surface area contributed by atoms with Crippen LogP contribution in [-0.2, 0) is 0 Å². The Morgan fingerprint density at radius 1 is 1.12 bits per heavy atom. The quantitative estimate of drug-likeness (QED) is 0.715. The Labute approximate surface area is 93.1 Å². The molecule has 0 unspecified atom stereocenters. The molecule has 0 amide bonds. The highest BCUT2D eigenvalue weighted by atomic mass is 16.1. The van der Waals surface area contributed by atoms with Crippen LogP contribution in [0.5, 0.6) is 0 Å². The van der Waals surface area contributed by atoms with E-state index in [2.05, 4.69) is 9.99 Å². The van der Waals surface area contributed by atoms with E-state index in [9.17, 15) is 4.79 Å². The molecule has 0 aliphatic carbocycles. The van der Waals surface area contributed by atoms with Gasteiger partial charge in [0, 0.05) is 30.7 Å². The van der Waals surface area contributed by atoms with E-state index in [4.69, 9.17) is 0 Å². The molecule has 1 aliphatic rings. The Morgan fingerprint density at radius 3 is 2.75 bits per heavy atom. The second kappa shape index (κ2) is 3.63. The molecule has 82 valence electrons. The first kappa shape index (κ1) is 9.39. The zero-order valence-electron chi connectivity index (χ0n) is 8.97. The van der Waals surface area contributed by atoms with Gasteiger partial charge < -0.3 is 5.01 Å². The minimum absolute atomic E-state index is 0.00750. The lowest BCUT2D eigenvalue weighted by atomic mass is 10.3. The summed E-state index contributed by atoms with van der Waals surface area (Å²) in [5.41, 5.74) is 0.769. The molecule has 4 heteroatoms. The van der Waals surface area contributed by atoms with Crippen LogP contribution >= 0.6 is 0 Å². The van der Waals surface area contributed by atoms with Crippen LogP contribution in [0.15, 0.2) is 35.3 Å². The molecule has 0 atom stereocenters. The topological polar surface area (TPSA) is 38.1 Å². The zero-order chi connectivity index (χ0) is 11.0. The van der Waals surface area contributed by atoms with Gasteiger partial charge in [-0.25, -0.2) is 9.66 Å². The van der Waals surface area contributed by atoms with Crippen molar-refractivity contribution in [2.45, 2.75) is 12.8 Å². The van der Waals surface area contributed by atoms with Gasteiger partial charge in [-0.1, -0.05) is 0 Å². The molecular weight excluding hydrogens is 202 g/mol. The molecule has 3 heterocycles. The van der Waals surface area contributed by atoms with Crippen molar-refractivity contribution in [3.63, 3.8) is 0 Å².